The van der Waals surface area contributed by atoms with Gasteiger partial charge < -0.3 is 4.52 Å². The van der Waals surface area contributed by atoms with E-state index in [0.29, 0.717) is 11.3 Å². The van der Waals surface area contributed by atoms with E-state index in [1.165, 1.54) is 19.1 Å². The van der Waals surface area contributed by atoms with Crippen LogP contribution in [0.3, 0.4) is 0 Å². The average Bonchev–Trinajstić information content (AvgIpc) is 2.79. The van der Waals surface area contributed by atoms with Gasteiger partial charge in [-0.3, -0.25) is 10.2 Å². The molecule has 0 unspecified atom stereocenters. The summed E-state index contributed by atoms with van der Waals surface area (Å²) in [7, 11) is 0. The average molecular weight is 285 g/mol. The number of amides is 1. The van der Waals surface area contributed by atoms with Crippen LogP contribution in [-0.4, -0.2) is 11.1 Å². The molecule has 0 fully saturated rings. The Balaban J connectivity index is 2.45. The van der Waals surface area contributed by atoms with Crippen molar-refractivity contribution in [3.05, 3.63) is 41.1 Å². The first kappa shape index (κ1) is 14.1. The van der Waals surface area contributed by atoms with Gasteiger partial charge in [-0.2, -0.15) is 13.2 Å². The maximum absolute atomic E-state index is 12.5. The molecule has 106 valence electrons. The number of alkyl halides is 3. The van der Waals surface area contributed by atoms with Crippen molar-refractivity contribution in [2.45, 2.75) is 13.1 Å². The SMILES string of the molecule is Cc1noc(-c2ccc(C(F)(F)F)cc2)c1C(=O)NN. The summed E-state index contributed by atoms with van der Waals surface area (Å²) in [5.41, 5.74) is 1.83. The van der Waals surface area contributed by atoms with E-state index in [0.717, 1.165) is 12.1 Å². The lowest BCUT2D eigenvalue weighted by Crippen LogP contribution is -2.30. The van der Waals surface area contributed by atoms with E-state index in [1.807, 2.05) is 5.43 Å². The number of benzene rings is 1. The maximum Gasteiger partial charge on any atom is 0.416 e. The van der Waals surface area contributed by atoms with Gasteiger partial charge in [0.15, 0.2) is 5.76 Å². The fourth-order valence-electron chi connectivity index (χ4n) is 1.72. The highest BCUT2D eigenvalue weighted by molar-refractivity contribution is 6.00. The van der Waals surface area contributed by atoms with Gasteiger partial charge in [0, 0.05) is 5.56 Å². The van der Waals surface area contributed by atoms with Crippen LogP contribution >= 0.6 is 0 Å². The Bertz CT molecular complexity index is 632. The van der Waals surface area contributed by atoms with Crippen LogP contribution in [0.1, 0.15) is 21.6 Å². The summed E-state index contributed by atoms with van der Waals surface area (Å²) < 4.78 is 42.4. The lowest BCUT2D eigenvalue weighted by Gasteiger charge is -2.07. The Morgan fingerprint density at radius 1 is 1.30 bits per heavy atom. The molecule has 0 aliphatic rings. The highest BCUT2D eigenvalue weighted by Gasteiger charge is 2.30. The summed E-state index contributed by atoms with van der Waals surface area (Å²) in [6.07, 6.45) is -4.42. The zero-order chi connectivity index (χ0) is 14.9. The number of halogens is 3. The molecule has 0 radical (unpaired) electrons. The Morgan fingerprint density at radius 3 is 2.40 bits per heavy atom. The molecule has 0 saturated carbocycles. The molecule has 2 rings (SSSR count). The quantitative estimate of drug-likeness (QED) is 0.504. The van der Waals surface area contributed by atoms with Crippen LogP contribution in [0.4, 0.5) is 13.2 Å². The summed E-state index contributed by atoms with van der Waals surface area (Å²) in [6, 6.07) is 4.21. The summed E-state index contributed by atoms with van der Waals surface area (Å²) in [4.78, 5) is 11.6. The normalized spacial score (nSPS) is 11.4. The molecule has 0 bridgehead atoms. The zero-order valence-corrected chi connectivity index (χ0v) is 10.3. The van der Waals surface area contributed by atoms with Gasteiger partial charge in [-0.25, -0.2) is 5.84 Å². The first-order valence-corrected chi connectivity index (χ1v) is 5.49. The number of rotatable bonds is 2. The second-order valence-electron chi connectivity index (χ2n) is 4.02. The molecule has 0 aliphatic carbocycles. The van der Waals surface area contributed by atoms with Crippen LogP contribution in [-0.2, 0) is 6.18 Å². The number of nitrogens with two attached hydrogens (primary N) is 1. The molecule has 8 heteroatoms. The number of carbonyl (C=O) groups excluding carboxylic acids is 1. The minimum Gasteiger partial charge on any atom is -0.355 e. The summed E-state index contributed by atoms with van der Waals surface area (Å²) >= 11 is 0. The van der Waals surface area contributed by atoms with Gasteiger partial charge in [0.25, 0.3) is 5.91 Å². The summed E-state index contributed by atoms with van der Waals surface area (Å²) in [6.45, 7) is 1.53. The van der Waals surface area contributed by atoms with Gasteiger partial charge >= 0.3 is 6.18 Å². The number of nitrogens with one attached hydrogen (secondary N) is 1. The van der Waals surface area contributed by atoms with Crippen molar-refractivity contribution in [2.75, 3.05) is 0 Å². The smallest absolute Gasteiger partial charge is 0.355 e. The van der Waals surface area contributed by atoms with Gasteiger partial charge in [0.2, 0.25) is 0 Å². The third-order valence-corrected chi connectivity index (χ3v) is 2.70. The Labute approximate surface area is 111 Å². The molecule has 2 aromatic rings. The van der Waals surface area contributed by atoms with Crippen LogP contribution in [0.15, 0.2) is 28.8 Å². The molecule has 3 N–H and O–H groups in total. The molecule has 0 atom stereocenters. The van der Waals surface area contributed by atoms with Crippen molar-refractivity contribution in [3.63, 3.8) is 0 Å². The van der Waals surface area contributed by atoms with Gasteiger partial charge in [0.05, 0.1) is 11.3 Å². The van der Waals surface area contributed by atoms with Crippen LogP contribution in [0.5, 0.6) is 0 Å². The Hall–Kier alpha value is -2.35. The van der Waals surface area contributed by atoms with Gasteiger partial charge in [-0.1, -0.05) is 17.3 Å². The second-order valence-corrected chi connectivity index (χ2v) is 4.02. The number of aryl methyl sites for hydroxylation is 1. The van der Waals surface area contributed by atoms with Gasteiger partial charge in [-0.05, 0) is 19.1 Å². The Morgan fingerprint density at radius 2 is 1.90 bits per heavy atom. The molecule has 0 saturated heterocycles. The largest absolute Gasteiger partial charge is 0.416 e. The van der Waals surface area contributed by atoms with E-state index in [2.05, 4.69) is 5.16 Å². The maximum atomic E-state index is 12.5. The number of carbonyl (C=O) groups is 1. The van der Waals surface area contributed by atoms with E-state index < -0.39 is 17.6 Å². The van der Waals surface area contributed by atoms with Crippen LogP contribution in [0.25, 0.3) is 11.3 Å². The van der Waals surface area contributed by atoms with E-state index in [1.54, 1.807) is 0 Å². The molecule has 1 amide bonds. The fraction of sp³-hybridized carbons (Fsp3) is 0.167. The third-order valence-electron chi connectivity index (χ3n) is 2.70. The highest BCUT2D eigenvalue weighted by Crippen LogP contribution is 2.32. The highest BCUT2D eigenvalue weighted by atomic mass is 19.4. The number of hydrazine groups is 1. The van der Waals surface area contributed by atoms with Crippen molar-refractivity contribution in [1.82, 2.24) is 10.6 Å². The zero-order valence-electron chi connectivity index (χ0n) is 10.3. The lowest BCUT2D eigenvalue weighted by molar-refractivity contribution is -0.137. The van der Waals surface area contributed by atoms with E-state index in [4.69, 9.17) is 10.4 Å². The number of aromatic nitrogens is 1. The topological polar surface area (TPSA) is 81.2 Å². The minimum absolute atomic E-state index is 0.0687. The first-order chi connectivity index (χ1) is 9.34. The van der Waals surface area contributed by atoms with Gasteiger partial charge in [-0.15, -0.1) is 0 Å². The van der Waals surface area contributed by atoms with Crippen molar-refractivity contribution in [3.8, 4) is 11.3 Å². The molecule has 0 aliphatic heterocycles. The third kappa shape index (κ3) is 2.50. The first-order valence-electron chi connectivity index (χ1n) is 5.49. The van der Waals surface area contributed by atoms with E-state index in [-0.39, 0.29) is 11.3 Å². The second kappa shape index (κ2) is 4.97. The molecule has 1 aromatic heterocycles. The van der Waals surface area contributed by atoms with Crippen molar-refractivity contribution < 1.29 is 22.5 Å². The van der Waals surface area contributed by atoms with Crippen molar-refractivity contribution in [2.24, 2.45) is 5.84 Å². The molecule has 5 nitrogen and oxygen atoms in total. The standard InChI is InChI=1S/C12H10F3N3O2/c1-6-9(11(19)17-16)10(20-18-6)7-2-4-8(5-3-7)12(13,14)15/h2-5H,16H2,1H3,(H,17,19). The molecular formula is C12H10F3N3O2. The molecule has 0 spiro atoms. The lowest BCUT2D eigenvalue weighted by atomic mass is 10.0. The summed E-state index contributed by atoms with van der Waals surface area (Å²) in [5.74, 6) is 4.48. The fourth-order valence-corrected chi connectivity index (χ4v) is 1.72. The van der Waals surface area contributed by atoms with E-state index >= 15 is 0 Å². The minimum atomic E-state index is -4.42. The summed E-state index contributed by atoms with van der Waals surface area (Å²) in [5, 5.41) is 3.62. The number of hydrogen-bond acceptors (Lipinski definition) is 4. The van der Waals surface area contributed by atoms with Crippen LogP contribution < -0.4 is 11.3 Å². The van der Waals surface area contributed by atoms with Gasteiger partial charge in [0.1, 0.15) is 5.56 Å². The Kier molecular flexibility index (Phi) is 3.49. The van der Waals surface area contributed by atoms with Crippen LogP contribution in [0, 0.1) is 6.92 Å². The number of nitrogen functional groups attached to an aromatic ring is 1. The molecule has 20 heavy (non-hydrogen) atoms. The van der Waals surface area contributed by atoms with Crippen LogP contribution in [0.2, 0.25) is 0 Å². The molecular weight excluding hydrogens is 275 g/mol. The van der Waals surface area contributed by atoms with Crippen molar-refractivity contribution in [1.29, 1.82) is 0 Å². The molecule has 1 aromatic carbocycles. The van der Waals surface area contributed by atoms with Crippen molar-refractivity contribution >= 4 is 5.91 Å². The molecule has 1 heterocycles. The number of hydrogen-bond donors (Lipinski definition) is 2. The predicted molar refractivity (Wildman–Crippen MR) is 63.3 cm³/mol. The monoisotopic (exact) mass is 285 g/mol. The predicted octanol–water partition coefficient (Wildman–Crippen LogP) is 2.27. The number of nitrogens with zero attached hydrogens (tertiary/aromatic N) is 1. The van der Waals surface area contributed by atoms with E-state index in [9.17, 15) is 18.0 Å².